The fraction of sp³-hybridized carbons (Fsp3) is 0.105. The summed E-state index contributed by atoms with van der Waals surface area (Å²) < 4.78 is 1.91. The van der Waals surface area contributed by atoms with E-state index in [2.05, 4.69) is 10.5 Å². The Hall–Kier alpha value is -2.90. The molecule has 0 aliphatic carbocycles. The van der Waals surface area contributed by atoms with Crippen molar-refractivity contribution >= 4 is 41.0 Å². The van der Waals surface area contributed by atoms with E-state index in [-0.39, 0.29) is 16.5 Å². The number of hydrogen-bond donors (Lipinski definition) is 2. The summed E-state index contributed by atoms with van der Waals surface area (Å²) in [5.74, 6) is -1.35. The molecule has 2 aromatic heterocycles. The summed E-state index contributed by atoms with van der Waals surface area (Å²) in [4.78, 5) is 23.8. The van der Waals surface area contributed by atoms with Crippen molar-refractivity contribution in [3.05, 3.63) is 74.2 Å². The van der Waals surface area contributed by atoms with Gasteiger partial charge in [-0.1, -0.05) is 17.7 Å². The maximum atomic E-state index is 11.9. The van der Waals surface area contributed by atoms with Crippen LogP contribution in [0.1, 0.15) is 37.0 Å². The fourth-order valence-electron chi connectivity index (χ4n) is 2.76. The molecule has 3 aromatic rings. The number of nitrogens with one attached hydrogen (secondary N) is 1. The third-order valence-electron chi connectivity index (χ3n) is 4.02. The highest BCUT2D eigenvalue weighted by atomic mass is 35.5. The summed E-state index contributed by atoms with van der Waals surface area (Å²) in [5, 5.41) is 15.3. The number of aromatic nitrogens is 1. The number of carbonyl (C=O) groups is 2. The highest BCUT2D eigenvalue weighted by Crippen LogP contribution is 2.24. The Bertz CT molecular complexity index is 1040. The number of aryl methyl sites for hydroxylation is 1. The zero-order valence-electron chi connectivity index (χ0n) is 14.6. The molecule has 6 nitrogen and oxygen atoms in total. The number of hydrazone groups is 1. The summed E-state index contributed by atoms with van der Waals surface area (Å²) in [6.45, 7) is 3.80. The minimum atomic E-state index is -1.08. The molecule has 2 heterocycles. The number of carboxylic acid groups (broad SMARTS) is 1. The number of thiophene rings is 1. The van der Waals surface area contributed by atoms with Crippen molar-refractivity contribution in [1.82, 2.24) is 9.99 Å². The minimum absolute atomic E-state index is 0.0418. The highest BCUT2D eigenvalue weighted by Gasteiger charge is 2.14. The summed E-state index contributed by atoms with van der Waals surface area (Å²) in [5.41, 5.74) is 5.80. The van der Waals surface area contributed by atoms with E-state index < -0.39 is 5.97 Å². The molecule has 1 aromatic carbocycles. The van der Waals surface area contributed by atoms with Gasteiger partial charge in [-0.05, 0) is 49.6 Å². The number of rotatable bonds is 5. The molecule has 8 heteroatoms. The van der Waals surface area contributed by atoms with Gasteiger partial charge in [0.25, 0.3) is 5.91 Å². The average molecular weight is 402 g/mol. The van der Waals surface area contributed by atoms with Gasteiger partial charge in [-0.2, -0.15) is 5.10 Å². The van der Waals surface area contributed by atoms with Gasteiger partial charge in [0.1, 0.15) is 0 Å². The zero-order valence-corrected chi connectivity index (χ0v) is 16.1. The van der Waals surface area contributed by atoms with Crippen LogP contribution in [0.5, 0.6) is 0 Å². The van der Waals surface area contributed by atoms with Gasteiger partial charge in [0.15, 0.2) is 0 Å². The second-order valence-electron chi connectivity index (χ2n) is 5.81. The second kappa shape index (κ2) is 7.77. The van der Waals surface area contributed by atoms with Crippen molar-refractivity contribution in [3.63, 3.8) is 0 Å². The smallest absolute Gasteiger partial charge is 0.337 e. The predicted molar refractivity (Wildman–Crippen MR) is 107 cm³/mol. The first-order valence-electron chi connectivity index (χ1n) is 7.97. The Morgan fingerprint density at radius 2 is 2.04 bits per heavy atom. The second-order valence-corrected chi connectivity index (χ2v) is 7.16. The first-order chi connectivity index (χ1) is 12.9. The van der Waals surface area contributed by atoms with E-state index in [9.17, 15) is 14.7 Å². The van der Waals surface area contributed by atoms with Crippen LogP contribution in [0.2, 0.25) is 5.02 Å². The molecule has 0 fully saturated rings. The van der Waals surface area contributed by atoms with Crippen LogP contribution in [0.25, 0.3) is 5.69 Å². The third kappa shape index (κ3) is 3.94. The van der Waals surface area contributed by atoms with Crippen molar-refractivity contribution in [2.24, 2.45) is 5.10 Å². The molecular weight excluding hydrogens is 386 g/mol. The van der Waals surface area contributed by atoms with Gasteiger partial charge in [-0.3, -0.25) is 4.79 Å². The number of aromatic carboxylic acids is 1. The van der Waals surface area contributed by atoms with E-state index in [1.807, 2.05) is 29.9 Å². The Kier molecular flexibility index (Phi) is 5.43. The molecule has 0 saturated heterocycles. The third-order valence-corrected chi connectivity index (χ3v) is 5.22. The van der Waals surface area contributed by atoms with E-state index in [1.54, 1.807) is 30.5 Å². The number of amides is 1. The number of benzene rings is 1. The molecular formula is C19H16ClN3O3S. The van der Waals surface area contributed by atoms with Crippen LogP contribution >= 0.6 is 22.9 Å². The molecule has 27 heavy (non-hydrogen) atoms. The number of carbonyl (C=O) groups excluding carboxylic acids is 1. The highest BCUT2D eigenvalue weighted by molar-refractivity contribution is 7.12. The molecule has 0 bridgehead atoms. The molecule has 0 atom stereocenters. The van der Waals surface area contributed by atoms with Crippen LogP contribution in [0, 0.1) is 13.8 Å². The van der Waals surface area contributed by atoms with Gasteiger partial charge in [-0.25, -0.2) is 10.2 Å². The van der Waals surface area contributed by atoms with E-state index in [4.69, 9.17) is 11.6 Å². The summed E-state index contributed by atoms with van der Waals surface area (Å²) in [6.07, 6.45) is 1.57. The average Bonchev–Trinajstić information content (AvgIpc) is 3.25. The molecule has 0 unspecified atom stereocenters. The largest absolute Gasteiger partial charge is 0.478 e. The molecule has 0 saturated carbocycles. The van der Waals surface area contributed by atoms with Gasteiger partial charge in [0.2, 0.25) is 0 Å². The van der Waals surface area contributed by atoms with E-state index >= 15 is 0 Å². The van der Waals surface area contributed by atoms with Crippen LogP contribution in [0.4, 0.5) is 0 Å². The predicted octanol–water partition coefficient (Wildman–Crippen LogP) is 4.27. The first-order valence-corrected chi connectivity index (χ1v) is 9.23. The van der Waals surface area contributed by atoms with Crippen molar-refractivity contribution in [2.75, 3.05) is 0 Å². The number of carboxylic acids is 1. The molecule has 138 valence electrons. The molecule has 0 aliphatic heterocycles. The number of halogens is 1. The van der Waals surface area contributed by atoms with Crippen molar-refractivity contribution < 1.29 is 14.7 Å². The minimum Gasteiger partial charge on any atom is -0.478 e. The quantitative estimate of drug-likeness (QED) is 0.494. The van der Waals surface area contributed by atoms with Crippen LogP contribution in [-0.2, 0) is 0 Å². The van der Waals surface area contributed by atoms with Gasteiger partial charge in [-0.15, -0.1) is 11.3 Å². The lowest BCUT2D eigenvalue weighted by Gasteiger charge is -2.11. The van der Waals surface area contributed by atoms with E-state index in [0.717, 1.165) is 17.0 Å². The van der Waals surface area contributed by atoms with E-state index in [0.29, 0.717) is 10.6 Å². The molecule has 0 aliphatic rings. The Morgan fingerprint density at radius 3 is 2.70 bits per heavy atom. The Morgan fingerprint density at radius 1 is 1.26 bits per heavy atom. The first kappa shape index (κ1) is 18.9. The molecule has 2 N–H and O–H groups in total. The fourth-order valence-corrected chi connectivity index (χ4v) is 3.57. The topological polar surface area (TPSA) is 83.7 Å². The van der Waals surface area contributed by atoms with Crippen molar-refractivity contribution in [3.8, 4) is 5.69 Å². The molecule has 0 radical (unpaired) electrons. The maximum absolute atomic E-state index is 11.9. The van der Waals surface area contributed by atoms with E-state index in [1.165, 1.54) is 17.4 Å². The van der Waals surface area contributed by atoms with Crippen molar-refractivity contribution in [2.45, 2.75) is 13.8 Å². The number of nitrogens with zero attached hydrogens (tertiary/aromatic N) is 2. The SMILES string of the molecule is Cc1cc(/C=N/NC(=O)c2cccs2)c(C)n1-c1ccc(Cl)c(C(=O)O)c1. The van der Waals surface area contributed by atoms with Gasteiger partial charge < -0.3 is 9.67 Å². The zero-order chi connectivity index (χ0) is 19.6. The summed E-state index contributed by atoms with van der Waals surface area (Å²) >= 11 is 7.29. The molecule has 3 rings (SSSR count). The molecule has 1 amide bonds. The van der Waals surface area contributed by atoms with Crippen LogP contribution in [0.15, 0.2) is 46.9 Å². The standard InChI is InChI=1S/C19H16ClN3O3S/c1-11-8-13(10-21-22-18(24)17-4-3-7-27-17)12(2)23(11)14-5-6-16(20)15(9-14)19(25)26/h3-10H,1-2H3,(H,22,24)(H,25,26)/b21-10+. The maximum Gasteiger partial charge on any atom is 0.337 e. The lowest BCUT2D eigenvalue weighted by Crippen LogP contribution is -2.16. The van der Waals surface area contributed by atoms with Crippen LogP contribution in [0.3, 0.4) is 0 Å². The van der Waals surface area contributed by atoms with Gasteiger partial charge >= 0.3 is 5.97 Å². The summed E-state index contributed by atoms with van der Waals surface area (Å²) in [6, 6.07) is 10.3. The lowest BCUT2D eigenvalue weighted by molar-refractivity contribution is 0.0696. The molecule has 0 spiro atoms. The van der Waals surface area contributed by atoms with Crippen LogP contribution in [-0.4, -0.2) is 27.8 Å². The number of hydrogen-bond acceptors (Lipinski definition) is 4. The lowest BCUT2D eigenvalue weighted by atomic mass is 10.2. The van der Waals surface area contributed by atoms with Gasteiger partial charge in [0.05, 0.1) is 21.7 Å². The van der Waals surface area contributed by atoms with Crippen LogP contribution < -0.4 is 5.43 Å². The van der Waals surface area contributed by atoms with Crippen molar-refractivity contribution in [1.29, 1.82) is 0 Å². The Labute approximate surface area is 164 Å². The van der Waals surface area contributed by atoms with Gasteiger partial charge in [0, 0.05) is 22.6 Å². The summed E-state index contributed by atoms with van der Waals surface area (Å²) in [7, 11) is 0. The normalized spacial score (nSPS) is 11.1. The monoisotopic (exact) mass is 401 g/mol. The Balaban J connectivity index is 1.87.